The summed E-state index contributed by atoms with van der Waals surface area (Å²) in [4.78, 5) is 23.8. The van der Waals surface area contributed by atoms with Crippen LogP contribution in [-0.4, -0.2) is 53.7 Å². The number of nitrogens with one attached hydrogen (secondary N) is 1. The Morgan fingerprint density at radius 2 is 1.97 bits per heavy atom. The Labute approximate surface area is 190 Å². The molecule has 1 amide bonds. The second-order valence-corrected chi connectivity index (χ2v) is 8.82. The number of piperazine rings is 1. The first kappa shape index (κ1) is 20.7. The maximum Gasteiger partial charge on any atom is 0.259 e. The quantitative estimate of drug-likeness (QED) is 0.480. The van der Waals surface area contributed by atoms with Crippen molar-refractivity contribution in [3.05, 3.63) is 59.1 Å². The first-order chi connectivity index (χ1) is 15.6. The Bertz CT molecular complexity index is 1240. The van der Waals surface area contributed by atoms with Crippen molar-refractivity contribution in [1.82, 2.24) is 15.0 Å². The normalized spacial score (nSPS) is 14.8. The zero-order valence-electron chi connectivity index (χ0n) is 18.2. The molecule has 164 valence electrons. The average molecular weight is 448 g/mol. The maximum atomic E-state index is 13.5. The maximum absolute atomic E-state index is 13.5. The molecule has 0 radical (unpaired) electrons. The van der Waals surface area contributed by atoms with E-state index in [-0.39, 0.29) is 5.91 Å². The highest BCUT2D eigenvalue weighted by Crippen LogP contribution is 2.31. The van der Waals surface area contributed by atoms with Crippen LogP contribution in [0.5, 0.6) is 0 Å². The van der Waals surface area contributed by atoms with E-state index in [9.17, 15) is 4.79 Å². The summed E-state index contributed by atoms with van der Waals surface area (Å²) >= 11 is 1.57. The minimum absolute atomic E-state index is 0.193. The molecule has 0 unspecified atom stereocenters. The lowest BCUT2D eigenvalue weighted by Crippen LogP contribution is -2.46. The molecule has 1 fully saturated rings. The molecule has 32 heavy (non-hydrogen) atoms. The molecule has 0 saturated carbocycles. The van der Waals surface area contributed by atoms with Gasteiger partial charge in [0.25, 0.3) is 11.6 Å². The first-order valence-corrected chi connectivity index (χ1v) is 11.7. The molecule has 0 spiro atoms. The summed E-state index contributed by atoms with van der Waals surface area (Å²) in [6.07, 6.45) is 0. The number of amides is 1. The highest BCUT2D eigenvalue weighted by molar-refractivity contribution is 7.13. The van der Waals surface area contributed by atoms with Crippen LogP contribution >= 0.6 is 11.3 Å². The summed E-state index contributed by atoms with van der Waals surface area (Å²) in [5, 5.41) is 9.83. The van der Waals surface area contributed by atoms with Crippen molar-refractivity contribution in [2.75, 3.05) is 42.9 Å². The molecule has 0 atom stereocenters. The van der Waals surface area contributed by atoms with E-state index in [0.29, 0.717) is 28.1 Å². The highest BCUT2D eigenvalue weighted by atomic mass is 32.1. The lowest BCUT2D eigenvalue weighted by Gasteiger charge is -2.36. The number of hydrogen-bond donors (Lipinski definition) is 1. The molecular formula is C24H25N5O2S. The number of hydrogen-bond acceptors (Lipinski definition) is 7. The number of aromatic nitrogens is 2. The van der Waals surface area contributed by atoms with Crippen LogP contribution < -0.4 is 10.2 Å². The Morgan fingerprint density at radius 1 is 1.16 bits per heavy atom. The van der Waals surface area contributed by atoms with E-state index in [1.165, 1.54) is 0 Å². The number of fused-ring (bicyclic) bond motifs is 1. The van der Waals surface area contributed by atoms with Gasteiger partial charge in [0.05, 0.1) is 38.6 Å². The standard InChI is InChI=1S/C24H25N5O2S/c1-3-28-10-12-29(13-11-28)20-8-5-4-7-18(20)25-23(30)17-15-19(21-9-6-14-32-21)26-24-22(17)16(2)27-31-24/h4-9,14-15H,3,10-13H2,1-2H3,(H,25,30). The Hall–Kier alpha value is -3.23. The van der Waals surface area contributed by atoms with Gasteiger partial charge in [-0.25, -0.2) is 4.98 Å². The Morgan fingerprint density at radius 3 is 2.72 bits per heavy atom. The second kappa shape index (κ2) is 8.72. The van der Waals surface area contributed by atoms with Crippen LogP contribution in [0.2, 0.25) is 0 Å². The van der Waals surface area contributed by atoms with E-state index in [2.05, 4.69) is 38.2 Å². The molecule has 1 aliphatic heterocycles. The molecule has 1 N–H and O–H groups in total. The third kappa shape index (κ3) is 3.87. The van der Waals surface area contributed by atoms with Crippen molar-refractivity contribution >= 4 is 39.7 Å². The van der Waals surface area contributed by atoms with E-state index >= 15 is 0 Å². The van der Waals surface area contributed by atoms with Gasteiger partial charge in [-0.15, -0.1) is 11.3 Å². The molecule has 1 aromatic carbocycles. The van der Waals surface area contributed by atoms with Crippen molar-refractivity contribution in [2.45, 2.75) is 13.8 Å². The number of pyridine rings is 1. The van der Waals surface area contributed by atoms with E-state index in [0.717, 1.165) is 49.0 Å². The average Bonchev–Trinajstić information content (AvgIpc) is 3.49. The van der Waals surface area contributed by atoms with Crippen molar-refractivity contribution in [3.8, 4) is 10.6 Å². The van der Waals surface area contributed by atoms with Crippen LogP contribution in [-0.2, 0) is 0 Å². The second-order valence-electron chi connectivity index (χ2n) is 7.87. The topological polar surface area (TPSA) is 74.5 Å². The van der Waals surface area contributed by atoms with Gasteiger partial charge in [-0.3, -0.25) is 4.79 Å². The molecular weight excluding hydrogens is 422 g/mol. The number of anilines is 2. The molecule has 5 rings (SSSR count). The van der Waals surface area contributed by atoms with Crippen molar-refractivity contribution in [2.24, 2.45) is 0 Å². The number of para-hydroxylation sites is 2. The molecule has 4 aromatic rings. The predicted octanol–water partition coefficient (Wildman–Crippen LogP) is 4.65. The minimum atomic E-state index is -0.193. The fraction of sp³-hybridized carbons (Fsp3) is 0.292. The molecule has 3 aromatic heterocycles. The molecule has 1 aliphatic rings. The highest BCUT2D eigenvalue weighted by Gasteiger charge is 2.22. The van der Waals surface area contributed by atoms with Crippen LogP contribution in [0.25, 0.3) is 21.7 Å². The van der Waals surface area contributed by atoms with Gasteiger partial charge in [-0.2, -0.15) is 0 Å². The fourth-order valence-electron chi connectivity index (χ4n) is 4.17. The summed E-state index contributed by atoms with van der Waals surface area (Å²) < 4.78 is 5.42. The zero-order chi connectivity index (χ0) is 22.1. The van der Waals surface area contributed by atoms with Gasteiger partial charge < -0.3 is 19.6 Å². The van der Waals surface area contributed by atoms with Gasteiger partial charge in [0.1, 0.15) is 0 Å². The van der Waals surface area contributed by atoms with E-state index in [1.807, 2.05) is 48.7 Å². The number of likely N-dealkylation sites (N-methyl/N-ethyl adjacent to an activating group) is 1. The molecule has 4 heterocycles. The van der Waals surface area contributed by atoms with Crippen LogP contribution in [0.15, 0.2) is 52.4 Å². The summed E-state index contributed by atoms with van der Waals surface area (Å²) in [5.41, 5.74) is 4.10. The third-order valence-corrected chi connectivity index (χ3v) is 6.84. The first-order valence-electron chi connectivity index (χ1n) is 10.8. The van der Waals surface area contributed by atoms with E-state index < -0.39 is 0 Å². The van der Waals surface area contributed by atoms with E-state index in [1.54, 1.807) is 11.3 Å². The summed E-state index contributed by atoms with van der Waals surface area (Å²) in [6, 6.07) is 13.8. The van der Waals surface area contributed by atoms with Gasteiger partial charge >= 0.3 is 0 Å². The number of rotatable bonds is 5. The molecule has 0 aliphatic carbocycles. The third-order valence-electron chi connectivity index (χ3n) is 5.95. The monoisotopic (exact) mass is 447 g/mol. The van der Waals surface area contributed by atoms with Gasteiger partial charge in [-0.05, 0) is 43.1 Å². The predicted molar refractivity (Wildman–Crippen MR) is 129 cm³/mol. The van der Waals surface area contributed by atoms with Gasteiger partial charge in [-0.1, -0.05) is 30.3 Å². The van der Waals surface area contributed by atoms with Crippen molar-refractivity contribution < 1.29 is 9.32 Å². The Kier molecular flexibility index (Phi) is 5.63. The van der Waals surface area contributed by atoms with Crippen LogP contribution in [0.1, 0.15) is 23.0 Å². The number of aryl methyl sites for hydroxylation is 1. The summed E-state index contributed by atoms with van der Waals surface area (Å²) in [7, 11) is 0. The minimum Gasteiger partial charge on any atom is -0.367 e. The smallest absolute Gasteiger partial charge is 0.259 e. The largest absolute Gasteiger partial charge is 0.367 e. The molecule has 1 saturated heterocycles. The van der Waals surface area contributed by atoms with Gasteiger partial charge in [0, 0.05) is 26.2 Å². The van der Waals surface area contributed by atoms with Gasteiger partial charge in [0.2, 0.25) is 0 Å². The van der Waals surface area contributed by atoms with Crippen molar-refractivity contribution in [1.29, 1.82) is 0 Å². The zero-order valence-corrected chi connectivity index (χ0v) is 19.0. The van der Waals surface area contributed by atoms with E-state index in [4.69, 9.17) is 4.52 Å². The van der Waals surface area contributed by atoms with Gasteiger partial charge in [0.15, 0.2) is 0 Å². The fourth-order valence-corrected chi connectivity index (χ4v) is 4.86. The summed E-state index contributed by atoms with van der Waals surface area (Å²) in [5.74, 6) is -0.193. The number of carbonyl (C=O) groups is 1. The Balaban J connectivity index is 1.48. The summed E-state index contributed by atoms with van der Waals surface area (Å²) in [6.45, 7) is 9.00. The number of benzene rings is 1. The van der Waals surface area contributed by atoms with Crippen LogP contribution in [0.4, 0.5) is 11.4 Å². The molecule has 0 bridgehead atoms. The van der Waals surface area contributed by atoms with Crippen LogP contribution in [0.3, 0.4) is 0 Å². The lowest BCUT2D eigenvalue weighted by molar-refractivity contribution is 0.102. The molecule has 7 nitrogen and oxygen atoms in total. The SMILES string of the molecule is CCN1CCN(c2ccccc2NC(=O)c2cc(-c3cccs3)nc3onc(C)c23)CC1. The van der Waals surface area contributed by atoms with Crippen molar-refractivity contribution in [3.63, 3.8) is 0 Å². The number of nitrogens with zero attached hydrogens (tertiary/aromatic N) is 4. The number of carbonyl (C=O) groups excluding carboxylic acids is 1. The molecule has 8 heteroatoms. The lowest BCUT2D eigenvalue weighted by atomic mass is 10.1. The van der Waals surface area contributed by atoms with Crippen LogP contribution in [0, 0.1) is 6.92 Å². The number of thiophene rings is 1.